The van der Waals surface area contributed by atoms with Gasteiger partial charge in [-0.2, -0.15) is 5.26 Å². The third kappa shape index (κ3) is 6.07. The second kappa shape index (κ2) is 9.28. The second-order valence-electron chi connectivity index (χ2n) is 4.41. The lowest BCUT2D eigenvalue weighted by Gasteiger charge is -2.06. The predicted molar refractivity (Wildman–Crippen MR) is 86.3 cm³/mol. The van der Waals surface area contributed by atoms with E-state index in [1.54, 1.807) is 12.1 Å². The number of benzene rings is 1. The van der Waals surface area contributed by atoms with Gasteiger partial charge in [-0.3, -0.25) is 4.79 Å². The fourth-order valence-corrected chi connectivity index (χ4v) is 1.87. The number of unbranched alkanes of at least 4 members (excludes halogenated alkanes) is 2. The van der Waals surface area contributed by atoms with Crippen LogP contribution in [0.25, 0.3) is 0 Å². The first-order valence-corrected chi connectivity index (χ1v) is 7.44. The zero-order valence-electron chi connectivity index (χ0n) is 11.7. The summed E-state index contributed by atoms with van der Waals surface area (Å²) in [5, 5.41) is 15.3. The molecule has 0 saturated heterocycles. The van der Waals surface area contributed by atoms with E-state index in [9.17, 15) is 4.79 Å². The first-order chi connectivity index (χ1) is 10.1. The molecule has 0 saturated carbocycles. The molecule has 6 heteroatoms. The van der Waals surface area contributed by atoms with Gasteiger partial charge in [-0.15, -0.1) is 0 Å². The molecule has 0 aliphatic rings. The zero-order chi connectivity index (χ0) is 15.7. The highest BCUT2D eigenvalue weighted by Crippen LogP contribution is 2.25. The van der Waals surface area contributed by atoms with E-state index in [4.69, 9.17) is 28.5 Å². The van der Waals surface area contributed by atoms with Gasteiger partial charge in [-0.25, -0.2) is 0 Å². The predicted octanol–water partition coefficient (Wildman–Crippen LogP) is 4.12. The third-order valence-electron chi connectivity index (χ3n) is 2.71. The van der Waals surface area contributed by atoms with E-state index in [1.165, 1.54) is 12.3 Å². The van der Waals surface area contributed by atoms with Crippen LogP contribution >= 0.6 is 23.2 Å². The van der Waals surface area contributed by atoms with Crippen molar-refractivity contribution in [2.45, 2.75) is 26.2 Å². The quantitative estimate of drug-likeness (QED) is 0.450. The van der Waals surface area contributed by atoms with Crippen LogP contribution in [0.2, 0.25) is 10.0 Å². The molecule has 4 nitrogen and oxygen atoms in total. The standard InChI is InChI=1S/C15H17Cl2N3O/c1-2-3-4-7-19-10-11(9-18)15(21)20-12-5-6-13(16)14(17)8-12/h5-6,8,10,19H,2-4,7H2,1H3,(H,20,21)/b11-10-. The molecule has 0 fully saturated rings. The molecule has 0 aliphatic heterocycles. The van der Waals surface area contributed by atoms with Crippen molar-refractivity contribution in [1.29, 1.82) is 5.26 Å². The molecule has 0 atom stereocenters. The van der Waals surface area contributed by atoms with Crippen LogP contribution in [0.3, 0.4) is 0 Å². The van der Waals surface area contributed by atoms with E-state index in [0.29, 0.717) is 15.7 Å². The highest BCUT2D eigenvalue weighted by atomic mass is 35.5. The maximum Gasteiger partial charge on any atom is 0.267 e. The van der Waals surface area contributed by atoms with Crippen LogP contribution in [-0.4, -0.2) is 12.5 Å². The van der Waals surface area contributed by atoms with Crippen LogP contribution in [-0.2, 0) is 4.79 Å². The highest BCUT2D eigenvalue weighted by molar-refractivity contribution is 6.42. The number of rotatable bonds is 7. The zero-order valence-corrected chi connectivity index (χ0v) is 13.3. The van der Waals surface area contributed by atoms with Gasteiger partial charge in [0.15, 0.2) is 0 Å². The lowest BCUT2D eigenvalue weighted by molar-refractivity contribution is -0.112. The number of anilines is 1. The average molecular weight is 326 g/mol. The van der Waals surface area contributed by atoms with E-state index >= 15 is 0 Å². The molecule has 1 aromatic rings. The molecule has 0 aromatic heterocycles. The first kappa shape index (κ1) is 17.4. The molecule has 1 aromatic carbocycles. The number of amides is 1. The minimum atomic E-state index is -0.487. The van der Waals surface area contributed by atoms with Gasteiger partial charge in [0.1, 0.15) is 11.6 Å². The fourth-order valence-electron chi connectivity index (χ4n) is 1.57. The van der Waals surface area contributed by atoms with Gasteiger partial charge < -0.3 is 10.6 Å². The van der Waals surface area contributed by atoms with Crippen LogP contribution in [0.1, 0.15) is 26.2 Å². The maximum atomic E-state index is 11.9. The van der Waals surface area contributed by atoms with Gasteiger partial charge in [0.2, 0.25) is 0 Å². The first-order valence-electron chi connectivity index (χ1n) is 6.68. The van der Waals surface area contributed by atoms with Crippen molar-refractivity contribution in [1.82, 2.24) is 5.32 Å². The van der Waals surface area contributed by atoms with Gasteiger partial charge in [-0.1, -0.05) is 43.0 Å². The Hall–Kier alpha value is -1.70. The molecule has 0 radical (unpaired) electrons. The summed E-state index contributed by atoms with van der Waals surface area (Å²) >= 11 is 11.7. The molecule has 21 heavy (non-hydrogen) atoms. The van der Waals surface area contributed by atoms with E-state index in [0.717, 1.165) is 25.8 Å². The Balaban J connectivity index is 2.60. The molecule has 2 N–H and O–H groups in total. The van der Waals surface area contributed by atoms with Gasteiger partial charge >= 0.3 is 0 Å². The Morgan fingerprint density at radius 2 is 2.10 bits per heavy atom. The van der Waals surface area contributed by atoms with Gasteiger partial charge in [-0.05, 0) is 24.6 Å². The maximum absolute atomic E-state index is 11.9. The molecule has 112 valence electrons. The van der Waals surface area contributed by atoms with E-state index in [1.807, 2.05) is 6.07 Å². The average Bonchev–Trinajstić information content (AvgIpc) is 2.46. The molecule has 0 spiro atoms. The number of carbonyl (C=O) groups is 1. The Morgan fingerprint density at radius 1 is 1.33 bits per heavy atom. The minimum absolute atomic E-state index is 0.0116. The molecule has 1 rings (SSSR count). The summed E-state index contributed by atoms with van der Waals surface area (Å²) in [4.78, 5) is 11.9. The summed E-state index contributed by atoms with van der Waals surface area (Å²) in [6.07, 6.45) is 4.66. The summed E-state index contributed by atoms with van der Waals surface area (Å²) in [7, 11) is 0. The Bertz CT molecular complexity index is 565. The van der Waals surface area contributed by atoms with Crippen molar-refractivity contribution in [3.05, 3.63) is 40.0 Å². The van der Waals surface area contributed by atoms with Gasteiger partial charge in [0.05, 0.1) is 10.0 Å². The van der Waals surface area contributed by atoms with Crippen molar-refractivity contribution in [3.8, 4) is 6.07 Å². The summed E-state index contributed by atoms with van der Waals surface area (Å²) < 4.78 is 0. The number of hydrogen-bond acceptors (Lipinski definition) is 3. The van der Waals surface area contributed by atoms with Crippen molar-refractivity contribution in [2.75, 3.05) is 11.9 Å². The highest BCUT2D eigenvalue weighted by Gasteiger charge is 2.09. The number of carbonyl (C=O) groups excluding carboxylic acids is 1. The number of nitrogens with one attached hydrogen (secondary N) is 2. The monoisotopic (exact) mass is 325 g/mol. The number of nitriles is 1. The van der Waals surface area contributed by atoms with E-state index < -0.39 is 5.91 Å². The molecule has 0 unspecified atom stereocenters. The largest absolute Gasteiger partial charge is 0.390 e. The van der Waals surface area contributed by atoms with Gasteiger partial charge in [0.25, 0.3) is 5.91 Å². The van der Waals surface area contributed by atoms with Crippen molar-refractivity contribution >= 4 is 34.8 Å². The van der Waals surface area contributed by atoms with Crippen LogP contribution in [0.4, 0.5) is 5.69 Å². The Labute approximate surface area is 134 Å². The Morgan fingerprint density at radius 3 is 2.71 bits per heavy atom. The molecule has 1 amide bonds. The van der Waals surface area contributed by atoms with Gasteiger partial charge in [0, 0.05) is 18.4 Å². The van der Waals surface area contributed by atoms with Crippen LogP contribution < -0.4 is 10.6 Å². The lowest BCUT2D eigenvalue weighted by Crippen LogP contribution is -2.17. The lowest BCUT2D eigenvalue weighted by atomic mass is 10.2. The van der Waals surface area contributed by atoms with Crippen molar-refractivity contribution < 1.29 is 4.79 Å². The summed E-state index contributed by atoms with van der Waals surface area (Å²) in [6, 6.07) is 6.60. The number of nitrogens with zero attached hydrogens (tertiary/aromatic N) is 1. The normalized spacial score (nSPS) is 10.9. The Kier molecular flexibility index (Phi) is 7.66. The van der Waals surface area contributed by atoms with E-state index in [2.05, 4.69) is 17.6 Å². The molecular formula is C15H17Cl2N3O. The second-order valence-corrected chi connectivity index (χ2v) is 5.23. The molecule has 0 aliphatic carbocycles. The minimum Gasteiger partial charge on any atom is -0.390 e. The number of hydrogen-bond donors (Lipinski definition) is 2. The van der Waals surface area contributed by atoms with Crippen molar-refractivity contribution in [3.63, 3.8) is 0 Å². The molecule has 0 bridgehead atoms. The smallest absolute Gasteiger partial charge is 0.267 e. The van der Waals surface area contributed by atoms with Crippen molar-refractivity contribution in [2.24, 2.45) is 0 Å². The summed E-state index contributed by atoms with van der Waals surface area (Å²) in [6.45, 7) is 2.85. The van der Waals surface area contributed by atoms with Crippen LogP contribution in [0.15, 0.2) is 30.0 Å². The van der Waals surface area contributed by atoms with Crippen LogP contribution in [0.5, 0.6) is 0 Å². The molecule has 0 heterocycles. The summed E-state index contributed by atoms with van der Waals surface area (Å²) in [5.74, 6) is -0.487. The van der Waals surface area contributed by atoms with E-state index in [-0.39, 0.29) is 5.57 Å². The van der Waals surface area contributed by atoms with Crippen LogP contribution in [0, 0.1) is 11.3 Å². The SMILES string of the molecule is CCCCCN/C=C(/C#N)C(=O)Nc1ccc(Cl)c(Cl)c1. The third-order valence-corrected chi connectivity index (χ3v) is 3.45. The molecular weight excluding hydrogens is 309 g/mol. The topological polar surface area (TPSA) is 64.9 Å². The summed E-state index contributed by atoms with van der Waals surface area (Å²) in [5.41, 5.74) is 0.499. The fraction of sp³-hybridized carbons (Fsp3) is 0.333. The number of halogens is 2.